The van der Waals surface area contributed by atoms with Gasteiger partial charge in [0, 0.05) is 18.7 Å². The molecule has 0 fully saturated rings. The molecule has 0 spiro atoms. The molecule has 41 heavy (non-hydrogen) atoms. The van der Waals surface area contributed by atoms with Gasteiger partial charge in [-0.1, -0.05) is 30.3 Å². The average molecular weight is 582 g/mol. The number of fused-ring (bicyclic) bond motifs is 1. The van der Waals surface area contributed by atoms with E-state index in [-0.39, 0.29) is 29.1 Å². The van der Waals surface area contributed by atoms with Crippen molar-refractivity contribution in [2.45, 2.75) is 44.3 Å². The minimum atomic E-state index is -4.19. The minimum absolute atomic E-state index is 0.0210. The highest BCUT2D eigenvalue weighted by atomic mass is 32.2. The molecule has 0 radical (unpaired) electrons. The lowest BCUT2D eigenvalue weighted by Crippen LogP contribution is -2.52. The van der Waals surface area contributed by atoms with Crippen LogP contribution < -0.4 is 23.8 Å². The van der Waals surface area contributed by atoms with E-state index in [0.717, 1.165) is 9.87 Å². The summed E-state index contributed by atoms with van der Waals surface area (Å²) in [6.45, 7) is 5.48. The molecular formula is C30H35N3O7S. The largest absolute Gasteiger partial charge is 0.497 e. The van der Waals surface area contributed by atoms with Crippen LogP contribution in [0, 0.1) is 0 Å². The predicted octanol–water partition coefficient (Wildman–Crippen LogP) is 3.60. The van der Waals surface area contributed by atoms with E-state index >= 15 is 0 Å². The van der Waals surface area contributed by atoms with Crippen LogP contribution >= 0.6 is 0 Å². The van der Waals surface area contributed by atoms with Crippen molar-refractivity contribution in [1.29, 1.82) is 0 Å². The third-order valence-corrected chi connectivity index (χ3v) is 8.30. The van der Waals surface area contributed by atoms with Gasteiger partial charge in [0.2, 0.25) is 11.8 Å². The molecule has 11 heteroatoms. The minimum Gasteiger partial charge on any atom is -0.497 e. The molecule has 0 aromatic heterocycles. The van der Waals surface area contributed by atoms with Crippen LogP contribution in [-0.4, -0.2) is 64.1 Å². The molecular weight excluding hydrogens is 546 g/mol. The van der Waals surface area contributed by atoms with Crippen molar-refractivity contribution in [3.63, 3.8) is 0 Å². The summed E-state index contributed by atoms with van der Waals surface area (Å²) in [5.41, 5.74) is 0.950. The van der Waals surface area contributed by atoms with Crippen LogP contribution in [0.2, 0.25) is 0 Å². The van der Waals surface area contributed by atoms with Crippen LogP contribution in [0.4, 0.5) is 5.69 Å². The van der Waals surface area contributed by atoms with Gasteiger partial charge in [0.25, 0.3) is 10.0 Å². The fourth-order valence-electron chi connectivity index (χ4n) is 4.39. The molecule has 0 unspecified atom stereocenters. The molecule has 1 atom stereocenters. The van der Waals surface area contributed by atoms with E-state index < -0.39 is 28.5 Å². The van der Waals surface area contributed by atoms with E-state index in [1.54, 1.807) is 68.6 Å². The Kier molecular flexibility index (Phi) is 9.38. The first kappa shape index (κ1) is 29.7. The van der Waals surface area contributed by atoms with Crippen LogP contribution in [0.3, 0.4) is 0 Å². The van der Waals surface area contributed by atoms with E-state index in [2.05, 4.69) is 5.32 Å². The Bertz CT molecular complexity index is 1480. The summed E-state index contributed by atoms with van der Waals surface area (Å²) in [5.74, 6) is 0.551. The molecule has 218 valence electrons. The maximum atomic E-state index is 14.0. The second-order valence-corrected chi connectivity index (χ2v) is 11.7. The molecule has 2 amide bonds. The highest BCUT2D eigenvalue weighted by Gasteiger charge is 2.33. The first-order valence-electron chi connectivity index (χ1n) is 13.3. The lowest BCUT2D eigenvalue weighted by Gasteiger charge is -2.32. The average Bonchev–Trinajstić information content (AvgIpc) is 2.98. The van der Waals surface area contributed by atoms with Crippen LogP contribution in [-0.2, 0) is 26.2 Å². The summed E-state index contributed by atoms with van der Waals surface area (Å²) >= 11 is 0. The van der Waals surface area contributed by atoms with Gasteiger partial charge in [-0.25, -0.2) is 8.42 Å². The second-order valence-electron chi connectivity index (χ2n) is 9.87. The van der Waals surface area contributed by atoms with E-state index in [9.17, 15) is 18.0 Å². The summed E-state index contributed by atoms with van der Waals surface area (Å²) in [7, 11) is -2.65. The van der Waals surface area contributed by atoms with Crippen molar-refractivity contribution in [2.75, 3.05) is 31.2 Å². The van der Waals surface area contributed by atoms with Gasteiger partial charge in [0.1, 0.15) is 31.5 Å². The molecule has 3 aromatic carbocycles. The van der Waals surface area contributed by atoms with Crippen LogP contribution in [0.15, 0.2) is 77.7 Å². The Balaban J connectivity index is 1.73. The van der Waals surface area contributed by atoms with E-state index in [4.69, 9.17) is 14.2 Å². The lowest BCUT2D eigenvalue weighted by atomic mass is 10.1. The Labute approximate surface area is 240 Å². The molecule has 0 bridgehead atoms. The van der Waals surface area contributed by atoms with Crippen LogP contribution in [0.5, 0.6) is 17.2 Å². The monoisotopic (exact) mass is 581 g/mol. The molecule has 0 aliphatic carbocycles. The summed E-state index contributed by atoms with van der Waals surface area (Å²) in [6, 6.07) is 18.7. The number of methoxy groups -OCH3 is 1. The topological polar surface area (TPSA) is 114 Å². The smallest absolute Gasteiger partial charge is 0.264 e. The summed E-state index contributed by atoms with van der Waals surface area (Å²) < 4.78 is 45.5. The maximum absolute atomic E-state index is 14.0. The standard InChI is InChI=1S/C30H35N3O7S/c1-21(2)31-30(35)22(3)32(19-23-9-8-10-25(17-23)38-4)29(34)20-33(41(36,37)26-11-6-5-7-12-26)24-13-14-27-28(18-24)40-16-15-39-27/h5-14,17-18,21-22H,15-16,19-20H2,1-4H3,(H,31,35)/t22-/m1/s1. The number of nitrogens with one attached hydrogen (secondary N) is 1. The second kappa shape index (κ2) is 12.9. The number of anilines is 1. The molecule has 1 aliphatic heterocycles. The van der Waals surface area contributed by atoms with Crippen LogP contribution in [0.25, 0.3) is 0 Å². The van der Waals surface area contributed by atoms with Crippen molar-refractivity contribution in [2.24, 2.45) is 0 Å². The normalized spacial score (nSPS) is 13.3. The van der Waals surface area contributed by atoms with Gasteiger partial charge in [0.15, 0.2) is 11.5 Å². The highest BCUT2D eigenvalue weighted by Crippen LogP contribution is 2.36. The number of sulfonamides is 1. The molecule has 4 rings (SSSR count). The van der Waals surface area contributed by atoms with E-state index in [1.165, 1.54) is 17.0 Å². The number of hydrogen-bond acceptors (Lipinski definition) is 7. The highest BCUT2D eigenvalue weighted by molar-refractivity contribution is 7.92. The number of carbonyl (C=O) groups excluding carboxylic acids is 2. The zero-order valence-corrected chi connectivity index (χ0v) is 24.4. The lowest BCUT2D eigenvalue weighted by molar-refractivity contribution is -0.139. The quantitative estimate of drug-likeness (QED) is 0.368. The van der Waals surface area contributed by atoms with Gasteiger partial charge >= 0.3 is 0 Å². The number of rotatable bonds is 11. The zero-order valence-electron chi connectivity index (χ0n) is 23.6. The van der Waals surface area contributed by atoms with Gasteiger partial charge in [-0.05, 0) is 62.7 Å². The molecule has 1 N–H and O–H groups in total. The first-order valence-corrected chi connectivity index (χ1v) is 14.7. The molecule has 0 saturated carbocycles. The van der Waals surface area contributed by atoms with E-state index in [1.807, 2.05) is 19.9 Å². The van der Waals surface area contributed by atoms with Gasteiger partial charge in [-0.2, -0.15) is 0 Å². The zero-order chi connectivity index (χ0) is 29.6. The third-order valence-electron chi connectivity index (χ3n) is 6.51. The molecule has 10 nitrogen and oxygen atoms in total. The van der Waals surface area contributed by atoms with Crippen molar-refractivity contribution >= 4 is 27.5 Å². The SMILES string of the molecule is COc1cccc(CN(C(=O)CN(c2ccc3c(c2)OCCO3)S(=O)(=O)c2ccccc2)[C@H](C)C(=O)NC(C)C)c1. The predicted molar refractivity (Wildman–Crippen MR) is 155 cm³/mol. The summed E-state index contributed by atoms with van der Waals surface area (Å²) in [6.07, 6.45) is 0. The first-order chi connectivity index (χ1) is 19.6. The molecule has 1 heterocycles. The number of benzene rings is 3. The number of ether oxygens (including phenoxy) is 3. The maximum Gasteiger partial charge on any atom is 0.264 e. The Morgan fingerprint density at radius 2 is 1.63 bits per heavy atom. The Morgan fingerprint density at radius 1 is 0.927 bits per heavy atom. The summed E-state index contributed by atoms with van der Waals surface area (Å²) in [5, 5.41) is 2.84. The number of hydrogen-bond donors (Lipinski definition) is 1. The fourth-order valence-corrected chi connectivity index (χ4v) is 5.82. The van der Waals surface area contributed by atoms with Crippen LogP contribution in [0.1, 0.15) is 26.3 Å². The van der Waals surface area contributed by atoms with Crippen molar-refractivity contribution in [1.82, 2.24) is 10.2 Å². The number of amides is 2. The van der Waals surface area contributed by atoms with Gasteiger partial charge in [0.05, 0.1) is 17.7 Å². The number of carbonyl (C=O) groups is 2. The van der Waals surface area contributed by atoms with Gasteiger partial charge in [-0.15, -0.1) is 0 Å². The Morgan fingerprint density at radius 3 is 2.32 bits per heavy atom. The van der Waals surface area contributed by atoms with Crippen molar-refractivity contribution < 1.29 is 32.2 Å². The fraction of sp³-hybridized carbons (Fsp3) is 0.333. The van der Waals surface area contributed by atoms with Gasteiger partial charge in [-0.3, -0.25) is 13.9 Å². The van der Waals surface area contributed by atoms with Gasteiger partial charge < -0.3 is 24.4 Å². The van der Waals surface area contributed by atoms with Crippen molar-refractivity contribution in [3.05, 3.63) is 78.4 Å². The Hall–Kier alpha value is -4.25. The number of nitrogens with zero attached hydrogens (tertiary/aromatic N) is 2. The molecule has 0 saturated heterocycles. The molecule has 3 aromatic rings. The van der Waals surface area contributed by atoms with Crippen molar-refractivity contribution in [3.8, 4) is 17.2 Å². The molecule has 1 aliphatic rings. The third kappa shape index (κ3) is 7.10. The summed E-state index contributed by atoms with van der Waals surface area (Å²) in [4.78, 5) is 28.5. The van der Waals surface area contributed by atoms with E-state index in [0.29, 0.717) is 30.5 Å².